The van der Waals surface area contributed by atoms with Gasteiger partial charge in [0.1, 0.15) is 21.5 Å². The quantitative estimate of drug-likeness (QED) is 0.476. The Bertz CT molecular complexity index is 971. The molecule has 3 aromatic rings. The molecule has 0 aliphatic carbocycles. The zero-order valence-electron chi connectivity index (χ0n) is 15.2. The molecule has 0 saturated carbocycles. The zero-order chi connectivity index (χ0) is 18.8. The van der Waals surface area contributed by atoms with Crippen molar-refractivity contribution in [1.29, 1.82) is 0 Å². The molecule has 0 aliphatic heterocycles. The van der Waals surface area contributed by atoms with Crippen molar-refractivity contribution in [1.82, 2.24) is 14.9 Å². The van der Waals surface area contributed by atoms with Crippen LogP contribution in [0.25, 0.3) is 10.2 Å². The Hall–Kier alpha value is -1.99. The number of carbonyl (C=O) groups excluding carboxylic acids is 1. The van der Waals surface area contributed by atoms with Gasteiger partial charge in [0.2, 0.25) is 5.91 Å². The molecular weight excluding hydrogens is 369 g/mol. The van der Waals surface area contributed by atoms with E-state index in [1.54, 1.807) is 29.4 Å². The van der Waals surface area contributed by atoms with Gasteiger partial charge in [0.25, 0.3) is 0 Å². The maximum absolute atomic E-state index is 13.3. The van der Waals surface area contributed by atoms with E-state index in [1.165, 1.54) is 34.3 Å². The van der Waals surface area contributed by atoms with E-state index in [-0.39, 0.29) is 17.5 Å². The molecule has 0 N–H and O–H groups in total. The van der Waals surface area contributed by atoms with Gasteiger partial charge in [-0.2, -0.15) is 0 Å². The molecule has 2 aromatic heterocycles. The van der Waals surface area contributed by atoms with Gasteiger partial charge in [-0.25, -0.2) is 14.4 Å². The summed E-state index contributed by atoms with van der Waals surface area (Å²) in [4.78, 5) is 25.3. The number of nitrogens with zero attached hydrogens (tertiary/aromatic N) is 3. The predicted molar refractivity (Wildman–Crippen MR) is 105 cm³/mol. The van der Waals surface area contributed by atoms with Crippen LogP contribution in [0.5, 0.6) is 0 Å². The van der Waals surface area contributed by atoms with E-state index >= 15 is 0 Å². The third-order valence-electron chi connectivity index (χ3n) is 4.17. The minimum atomic E-state index is -0.292. The number of hydrogen-bond acceptors (Lipinski definition) is 5. The highest BCUT2D eigenvalue weighted by Gasteiger charge is 2.16. The first kappa shape index (κ1) is 18.8. The van der Waals surface area contributed by atoms with Crippen molar-refractivity contribution in [3.63, 3.8) is 0 Å². The third kappa shape index (κ3) is 4.04. The van der Waals surface area contributed by atoms with Crippen LogP contribution >= 0.6 is 23.1 Å². The van der Waals surface area contributed by atoms with Crippen molar-refractivity contribution in [2.45, 2.75) is 32.3 Å². The Labute approximate surface area is 160 Å². The maximum Gasteiger partial charge on any atom is 0.233 e. The lowest BCUT2D eigenvalue weighted by molar-refractivity contribution is -0.127. The van der Waals surface area contributed by atoms with E-state index in [2.05, 4.69) is 23.8 Å². The number of amides is 1. The number of aromatic nitrogens is 2. The second kappa shape index (κ2) is 7.72. The first-order valence-corrected chi connectivity index (χ1v) is 10.0. The number of aryl methyl sites for hydroxylation is 3. The molecule has 3 rings (SSSR count). The van der Waals surface area contributed by atoms with Crippen molar-refractivity contribution in [3.05, 3.63) is 51.9 Å². The van der Waals surface area contributed by atoms with Crippen molar-refractivity contribution in [2.75, 3.05) is 12.8 Å². The number of thiophene rings is 1. The first-order valence-electron chi connectivity index (χ1n) is 8.20. The van der Waals surface area contributed by atoms with E-state index < -0.39 is 0 Å². The van der Waals surface area contributed by atoms with Crippen LogP contribution in [0.3, 0.4) is 0 Å². The number of hydrogen-bond donors (Lipinski definition) is 0. The van der Waals surface area contributed by atoms with Crippen molar-refractivity contribution in [2.24, 2.45) is 0 Å². The maximum atomic E-state index is 13.3. The SMILES string of the molecule is Cc1nc(SCC(=O)N(C)Cc2cccc(F)c2)c2c(C)c(C)sc2n1. The van der Waals surface area contributed by atoms with Crippen LogP contribution in [0.4, 0.5) is 4.39 Å². The predicted octanol–water partition coefficient (Wildman–Crippen LogP) is 4.51. The van der Waals surface area contributed by atoms with Crippen molar-refractivity contribution >= 4 is 39.2 Å². The molecule has 4 nitrogen and oxygen atoms in total. The molecule has 1 amide bonds. The summed E-state index contributed by atoms with van der Waals surface area (Å²) < 4.78 is 13.3. The molecule has 0 radical (unpaired) electrons. The highest BCUT2D eigenvalue weighted by atomic mass is 32.2. The normalized spacial score (nSPS) is 11.1. The van der Waals surface area contributed by atoms with Crippen LogP contribution in [0.1, 0.15) is 21.8 Å². The summed E-state index contributed by atoms with van der Waals surface area (Å²) in [6, 6.07) is 6.31. The largest absolute Gasteiger partial charge is 0.341 e. The van der Waals surface area contributed by atoms with Crippen molar-refractivity contribution < 1.29 is 9.18 Å². The molecule has 0 saturated heterocycles. The Morgan fingerprint density at radius 1 is 1.27 bits per heavy atom. The molecular formula is C19H20FN3OS2. The smallest absolute Gasteiger partial charge is 0.233 e. The highest BCUT2D eigenvalue weighted by molar-refractivity contribution is 8.00. The molecule has 0 aliphatic rings. The van der Waals surface area contributed by atoms with Gasteiger partial charge in [0, 0.05) is 23.9 Å². The summed E-state index contributed by atoms with van der Waals surface area (Å²) in [6.07, 6.45) is 0. The fourth-order valence-corrected chi connectivity index (χ4v) is 4.87. The highest BCUT2D eigenvalue weighted by Crippen LogP contribution is 2.35. The van der Waals surface area contributed by atoms with Crippen LogP contribution in [-0.4, -0.2) is 33.6 Å². The van der Waals surface area contributed by atoms with E-state index in [0.717, 1.165) is 20.8 Å². The molecule has 2 heterocycles. The minimum Gasteiger partial charge on any atom is -0.341 e. The number of rotatable bonds is 5. The van der Waals surface area contributed by atoms with Gasteiger partial charge in [-0.15, -0.1) is 11.3 Å². The molecule has 0 fully saturated rings. The zero-order valence-corrected chi connectivity index (χ0v) is 16.8. The summed E-state index contributed by atoms with van der Waals surface area (Å²) in [6.45, 7) is 6.38. The summed E-state index contributed by atoms with van der Waals surface area (Å²) in [5, 5.41) is 1.89. The lowest BCUT2D eigenvalue weighted by Crippen LogP contribution is -2.27. The Morgan fingerprint density at radius 3 is 2.77 bits per heavy atom. The number of benzene rings is 1. The van der Waals surface area contributed by atoms with Gasteiger partial charge in [0.05, 0.1) is 5.75 Å². The standard InChI is InChI=1S/C19H20FN3OS2/c1-11-12(2)26-19-17(11)18(21-13(3)22-19)25-10-16(24)23(4)9-14-6-5-7-15(20)8-14/h5-8H,9-10H2,1-4H3. The summed E-state index contributed by atoms with van der Waals surface area (Å²) >= 11 is 3.09. The first-order chi connectivity index (χ1) is 12.3. The van der Waals surface area contributed by atoms with Gasteiger partial charge in [-0.3, -0.25) is 4.79 Å². The van der Waals surface area contributed by atoms with Crippen LogP contribution in [0, 0.1) is 26.6 Å². The molecule has 0 spiro atoms. The van der Waals surface area contributed by atoms with E-state index in [9.17, 15) is 9.18 Å². The summed E-state index contributed by atoms with van der Waals surface area (Å²) in [5.41, 5.74) is 1.95. The third-order valence-corrected chi connectivity index (χ3v) is 6.24. The molecule has 26 heavy (non-hydrogen) atoms. The second-order valence-corrected chi connectivity index (χ2v) is 8.38. The number of carbonyl (C=O) groups is 1. The lowest BCUT2D eigenvalue weighted by Gasteiger charge is -2.17. The number of halogens is 1. The summed E-state index contributed by atoms with van der Waals surface area (Å²) in [5.74, 6) is 0.682. The molecule has 0 atom stereocenters. The fourth-order valence-electron chi connectivity index (χ4n) is 2.66. The summed E-state index contributed by atoms with van der Waals surface area (Å²) in [7, 11) is 1.73. The molecule has 0 unspecified atom stereocenters. The Balaban J connectivity index is 1.72. The molecule has 136 valence electrons. The Morgan fingerprint density at radius 2 is 2.04 bits per heavy atom. The monoisotopic (exact) mass is 389 g/mol. The molecule has 7 heteroatoms. The van der Waals surface area contributed by atoms with Gasteiger partial charge in [0.15, 0.2) is 0 Å². The van der Waals surface area contributed by atoms with Crippen LogP contribution in [0.2, 0.25) is 0 Å². The average molecular weight is 390 g/mol. The van der Waals surface area contributed by atoms with Gasteiger partial charge in [-0.05, 0) is 44.0 Å². The van der Waals surface area contributed by atoms with Gasteiger partial charge in [-0.1, -0.05) is 23.9 Å². The Kier molecular flexibility index (Phi) is 5.58. The minimum absolute atomic E-state index is 0.0201. The molecule has 1 aromatic carbocycles. The lowest BCUT2D eigenvalue weighted by atomic mass is 10.2. The fraction of sp³-hybridized carbons (Fsp3) is 0.316. The molecule has 0 bridgehead atoms. The van der Waals surface area contributed by atoms with Crippen LogP contribution in [0.15, 0.2) is 29.3 Å². The van der Waals surface area contributed by atoms with E-state index in [0.29, 0.717) is 12.4 Å². The topological polar surface area (TPSA) is 46.1 Å². The van der Waals surface area contributed by atoms with E-state index in [4.69, 9.17) is 0 Å². The number of thioether (sulfide) groups is 1. The number of fused-ring (bicyclic) bond motifs is 1. The average Bonchev–Trinajstić information content (AvgIpc) is 2.86. The van der Waals surface area contributed by atoms with Crippen molar-refractivity contribution in [3.8, 4) is 0 Å². The van der Waals surface area contributed by atoms with Gasteiger partial charge >= 0.3 is 0 Å². The van der Waals surface area contributed by atoms with Gasteiger partial charge < -0.3 is 4.90 Å². The van der Waals surface area contributed by atoms with Crippen LogP contribution < -0.4 is 0 Å². The second-order valence-electron chi connectivity index (χ2n) is 6.21. The van der Waals surface area contributed by atoms with E-state index in [1.807, 2.05) is 13.0 Å². The van der Waals surface area contributed by atoms with Crippen LogP contribution in [-0.2, 0) is 11.3 Å².